The fourth-order valence-corrected chi connectivity index (χ4v) is 2.47. The van der Waals surface area contributed by atoms with Gasteiger partial charge in [0.25, 0.3) is 0 Å². The summed E-state index contributed by atoms with van der Waals surface area (Å²) in [5, 5.41) is 2.87. The van der Waals surface area contributed by atoms with E-state index in [2.05, 4.69) is 5.32 Å². The maximum absolute atomic E-state index is 12.9. The smallest absolute Gasteiger partial charge is 0.312 e. The molecule has 20 heavy (non-hydrogen) atoms. The number of anilines is 1. The maximum Gasteiger partial charge on any atom is 0.408 e. The Morgan fingerprint density at radius 3 is 2.75 bits per heavy atom. The van der Waals surface area contributed by atoms with Crippen LogP contribution < -0.4 is 5.32 Å². The first-order valence-corrected chi connectivity index (χ1v) is 6.65. The molecule has 1 atom stereocenters. The Morgan fingerprint density at radius 2 is 2.10 bits per heavy atom. The van der Waals surface area contributed by atoms with Crippen molar-refractivity contribution in [2.24, 2.45) is 0 Å². The van der Waals surface area contributed by atoms with Gasteiger partial charge in [0.2, 0.25) is 0 Å². The summed E-state index contributed by atoms with van der Waals surface area (Å²) >= 11 is 5.77. The summed E-state index contributed by atoms with van der Waals surface area (Å²) in [6.07, 6.45) is -3.39. The third-order valence-corrected chi connectivity index (χ3v) is 3.45. The summed E-state index contributed by atoms with van der Waals surface area (Å²) in [5.74, 6) is 0. The minimum Gasteiger partial charge on any atom is -0.312 e. The van der Waals surface area contributed by atoms with Gasteiger partial charge in [0.05, 0.1) is 0 Å². The molecule has 1 aliphatic heterocycles. The molecule has 0 spiro atoms. The zero-order valence-electron chi connectivity index (χ0n) is 10.6. The number of halogens is 4. The number of amides is 2. The Kier molecular flexibility index (Phi) is 4.42. The summed E-state index contributed by atoms with van der Waals surface area (Å²) < 4.78 is 38.7. The number of hydrogen-bond acceptors (Lipinski definition) is 1. The molecule has 0 aromatic heterocycles. The van der Waals surface area contributed by atoms with Crippen molar-refractivity contribution in [1.82, 2.24) is 4.90 Å². The molecule has 1 aliphatic rings. The van der Waals surface area contributed by atoms with E-state index in [1.165, 1.54) is 6.07 Å². The molecule has 3 nitrogen and oxygen atoms in total. The summed E-state index contributed by atoms with van der Waals surface area (Å²) in [6.45, 7) is 0.108. The molecular formula is C13H14ClF3N2O. The second-order valence-corrected chi connectivity index (χ2v) is 5.12. The average Bonchev–Trinajstić information content (AvgIpc) is 2.37. The van der Waals surface area contributed by atoms with Gasteiger partial charge in [-0.25, -0.2) is 4.79 Å². The van der Waals surface area contributed by atoms with Crippen molar-refractivity contribution in [3.63, 3.8) is 0 Å². The highest BCUT2D eigenvalue weighted by Gasteiger charge is 2.46. The van der Waals surface area contributed by atoms with Gasteiger partial charge >= 0.3 is 12.2 Å². The molecule has 7 heteroatoms. The molecule has 2 rings (SSSR count). The summed E-state index contributed by atoms with van der Waals surface area (Å²) in [7, 11) is 0. The molecule has 1 aromatic rings. The predicted molar refractivity (Wildman–Crippen MR) is 70.9 cm³/mol. The molecule has 2 amide bonds. The largest absolute Gasteiger partial charge is 0.408 e. The zero-order valence-corrected chi connectivity index (χ0v) is 11.3. The number of carbonyl (C=O) groups is 1. The van der Waals surface area contributed by atoms with Gasteiger partial charge in [-0.2, -0.15) is 13.2 Å². The average molecular weight is 307 g/mol. The Bertz CT molecular complexity index is 493. The van der Waals surface area contributed by atoms with Gasteiger partial charge in [-0.3, -0.25) is 0 Å². The van der Waals surface area contributed by atoms with Crippen LogP contribution in [0.5, 0.6) is 0 Å². The first-order valence-electron chi connectivity index (χ1n) is 6.28. The number of likely N-dealkylation sites (tertiary alicyclic amines) is 1. The highest BCUT2D eigenvalue weighted by atomic mass is 35.5. The molecule has 0 aliphatic carbocycles. The van der Waals surface area contributed by atoms with E-state index in [4.69, 9.17) is 11.6 Å². The van der Waals surface area contributed by atoms with Gasteiger partial charge in [0, 0.05) is 17.3 Å². The van der Waals surface area contributed by atoms with Crippen LogP contribution in [0.15, 0.2) is 24.3 Å². The van der Waals surface area contributed by atoms with E-state index in [0.717, 1.165) is 4.90 Å². The quantitative estimate of drug-likeness (QED) is 0.825. The minimum absolute atomic E-state index is 0.0491. The lowest BCUT2D eigenvalue weighted by atomic mass is 10.0. The summed E-state index contributed by atoms with van der Waals surface area (Å²) in [4.78, 5) is 12.9. The molecule has 1 N–H and O–H groups in total. The molecule has 0 bridgehead atoms. The monoisotopic (exact) mass is 306 g/mol. The van der Waals surface area contributed by atoms with Crippen molar-refractivity contribution in [2.45, 2.75) is 31.5 Å². The van der Waals surface area contributed by atoms with Crippen LogP contribution in [0.4, 0.5) is 23.7 Å². The van der Waals surface area contributed by atoms with Crippen LogP contribution in [0.1, 0.15) is 19.3 Å². The Labute approximate surface area is 119 Å². The lowest BCUT2D eigenvalue weighted by Gasteiger charge is -2.36. The van der Waals surface area contributed by atoms with Crippen LogP contribution in [0.3, 0.4) is 0 Å². The standard InChI is InChI=1S/C13H14ClF3N2O/c14-9-4-3-5-10(8-9)18-12(20)19-7-2-1-6-11(19)13(15,16)17/h3-5,8,11H,1-2,6-7H2,(H,18,20). The van der Waals surface area contributed by atoms with Gasteiger partial charge < -0.3 is 10.2 Å². The third kappa shape index (κ3) is 3.56. The van der Waals surface area contributed by atoms with Crippen LogP contribution in [0, 0.1) is 0 Å². The summed E-state index contributed by atoms with van der Waals surface area (Å²) in [6, 6.07) is 3.86. The second-order valence-electron chi connectivity index (χ2n) is 4.69. The first-order chi connectivity index (χ1) is 9.38. The SMILES string of the molecule is O=C(Nc1cccc(Cl)c1)N1CCCCC1C(F)(F)F. The van der Waals surface area contributed by atoms with E-state index in [1.807, 2.05) is 0 Å². The van der Waals surface area contributed by atoms with Crippen molar-refractivity contribution < 1.29 is 18.0 Å². The fourth-order valence-electron chi connectivity index (χ4n) is 2.28. The van der Waals surface area contributed by atoms with Crippen molar-refractivity contribution >= 4 is 23.3 Å². The number of nitrogens with zero attached hydrogens (tertiary/aromatic N) is 1. The number of urea groups is 1. The number of nitrogens with one attached hydrogen (secondary N) is 1. The van der Waals surface area contributed by atoms with E-state index < -0.39 is 18.2 Å². The molecule has 1 fully saturated rings. The van der Waals surface area contributed by atoms with Crippen molar-refractivity contribution in [1.29, 1.82) is 0 Å². The minimum atomic E-state index is -4.40. The van der Waals surface area contributed by atoms with Crippen molar-refractivity contribution in [3.8, 4) is 0 Å². The highest BCUT2D eigenvalue weighted by Crippen LogP contribution is 2.32. The molecule has 0 saturated carbocycles. The fraction of sp³-hybridized carbons (Fsp3) is 0.462. The number of benzene rings is 1. The zero-order chi connectivity index (χ0) is 14.8. The van der Waals surface area contributed by atoms with Gasteiger partial charge in [0.1, 0.15) is 6.04 Å². The molecule has 1 aromatic carbocycles. The topological polar surface area (TPSA) is 32.3 Å². The molecule has 110 valence electrons. The predicted octanol–water partition coefficient (Wildman–Crippen LogP) is 4.29. The number of carbonyl (C=O) groups excluding carboxylic acids is 1. The number of hydrogen-bond donors (Lipinski definition) is 1. The van der Waals surface area contributed by atoms with E-state index in [1.54, 1.807) is 18.2 Å². The number of alkyl halides is 3. The normalized spacial score (nSPS) is 19.8. The van der Waals surface area contributed by atoms with Gasteiger partial charge in [-0.15, -0.1) is 0 Å². The van der Waals surface area contributed by atoms with Gasteiger partial charge in [0.15, 0.2) is 0 Å². The van der Waals surface area contributed by atoms with Gasteiger partial charge in [-0.1, -0.05) is 17.7 Å². The lowest BCUT2D eigenvalue weighted by molar-refractivity contribution is -0.181. The second kappa shape index (κ2) is 5.91. The molecule has 0 radical (unpaired) electrons. The summed E-state index contributed by atoms with van der Waals surface area (Å²) in [5.41, 5.74) is 0.383. The molecule has 1 unspecified atom stereocenters. The Morgan fingerprint density at radius 1 is 1.35 bits per heavy atom. The van der Waals surface area contributed by atoms with Gasteiger partial charge in [-0.05, 0) is 37.5 Å². The molecule has 1 saturated heterocycles. The number of piperidine rings is 1. The first kappa shape index (κ1) is 15.0. The maximum atomic E-state index is 12.9. The van der Waals surface area contributed by atoms with E-state index in [9.17, 15) is 18.0 Å². The van der Waals surface area contributed by atoms with Crippen LogP contribution >= 0.6 is 11.6 Å². The van der Waals surface area contributed by atoms with Crippen molar-refractivity contribution in [2.75, 3.05) is 11.9 Å². The van der Waals surface area contributed by atoms with Crippen LogP contribution in [-0.4, -0.2) is 29.7 Å². The van der Waals surface area contributed by atoms with Crippen molar-refractivity contribution in [3.05, 3.63) is 29.3 Å². The van der Waals surface area contributed by atoms with Crippen LogP contribution in [0.2, 0.25) is 5.02 Å². The van der Waals surface area contributed by atoms with E-state index in [0.29, 0.717) is 23.6 Å². The van der Waals surface area contributed by atoms with Crippen LogP contribution in [0.25, 0.3) is 0 Å². The third-order valence-electron chi connectivity index (χ3n) is 3.22. The van der Waals surface area contributed by atoms with Crippen LogP contribution in [-0.2, 0) is 0 Å². The Balaban J connectivity index is 2.10. The molecule has 1 heterocycles. The Hall–Kier alpha value is -1.43. The number of rotatable bonds is 1. The molecular weight excluding hydrogens is 293 g/mol. The highest BCUT2D eigenvalue weighted by molar-refractivity contribution is 6.30. The lowest BCUT2D eigenvalue weighted by Crippen LogP contribution is -2.52. The van der Waals surface area contributed by atoms with E-state index in [-0.39, 0.29) is 13.0 Å². The van der Waals surface area contributed by atoms with E-state index >= 15 is 0 Å².